The lowest BCUT2D eigenvalue weighted by molar-refractivity contribution is -0.142. The second-order valence-electron chi connectivity index (χ2n) is 7.78. The molecule has 3 rings (SSSR count). The molecule has 0 heterocycles. The zero-order chi connectivity index (χ0) is 22.2. The molecule has 1 atom stereocenters. The Morgan fingerprint density at radius 3 is 2.29 bits per heavy atom. The van der Waals surface area contributed by atoms with Gasteiger partial charge >= 0.3 is 0 Å². The molecule has 1 fully saturated rings. The van der Waals surface area contributed by atoms with E-state index in [0.29, 0.717) is 23.1 Å². The molecule has 1 aliphatic rings. The minimum Gasteiger partial charge on any atom is -0.497 e. The predicted octanol–water partition coefficient (Wildman–Crippen LogP) is 4.20. The van der Waals surface area contributed by atoms with Gasteiger partial charge in [-0.1, -0.05) is 36.6 Å². The lowest BCUT2D eigenvalue weighted by Gasteiger charge is -2.29. The van der Waals surface area contributed by atoms with Gasteiger partial charge in [-0.2, -0.15) is 0 Å². The number of rotatable bonds is 9. The van der Waals surface area contributed by atoms with E-state index >= 15 is 0 Å². The third kappa shape index (κ3) is 6.62. The van der Waals surface area contributed by atoms with Crippen LogP contribution in [0.1, 0.15) is 38.2 Å². The fourth-order valence-electron chi connectivity index (χ4n) is 3.66. The van der Waals surface area contributed by atoms with Gasteiger partial charge in [-0.25, -0.2) is 0 Å². The average Bonchev–Trinajstić information content (AvgIpc) is 3.30. The second kappa shape index (κ2) is 11.0. The number of methoxy groups -OCH3 is 1. The number of carbonyl (C=O) groups excluding carboxylic acids is 2. The molecule has 0 unspecified atom stereocenters. The number of hydrogen-bond donors (Lipinski definition) is 1. The van der Waals surface area contributed by atoms with Gasteiger partial charge < -0.3 is 19.7 Å². The summed E-state index contributed by atoms with van der Waals surface area (Å²) in [5, 5.41) is 3.71. The summed E-state index contributed by atoms with van der Waals surface area (Å²) >= 11 is 5.98. The van der Waals surface area contributed by atoms with Crippen molar-refractivity contribution >= 4 is 23.4 Å². The summed E-state index contributed by atoms with van der Waals surface area (Å²) < 4.78 is 10.8. The Balaban J connectivity index is 1.68. The van der Waals surface area contributed by atoms with Crippen molar-refractivity contribution in [2.24, 2.45) is 0 Å². The second-order valence-corrected chi connectivity index (χ2v) is 8.21. The first-order valence-corrected chi connectivity index (χ1v) is 10.9. The molecule has 6 nitrogen and oxygen atoms in total. The summed E-state index contributed by atoms with van der Waals surface area (Å²) in [5.41, 5.74) is 0.891. The monoisotopic (exact) mass is 444 g/mol. The van der Waals surface area contributed by atoms with Crippen molar-refractivity contribution in [2.75, 3.05) is 13.7 Å². The van der Waals surface area contributed by atoms with Crippen LogP contribution in [0.3, 0.4) is 0 Å². The summed E-state index contributed by atoms with van der Waals surface area (Å²) in [4.78, 5) is 27.5. The van der Waals surface area contributed by atoms with Crippen LogP contribution < -0.4 is 14.8 Å². The molecule has 0 aliphatic heterocycles. The maximum Gasteiger partial charge on any atom is 0.261 e. The van der Waals surface area contributed by atoms with Crippen LogP contribution in [0.15, 0.2) is 48.5 Å². The van der Waals surface area contributed by atoms with Crippen molar-refractivity contribution in [3.8, 4) is 11.5 Å². The first-order valence-electron chi connectivity index (χ1n) is 10.6. The minimum atomic E-state index is -0.622. The van der Waals surface area contributed by atoms with Gasteiger partial charge in [0.25, 0.3) is 5.91 Å². The highest BCUT2D eigenvalue weighted by atomic mass is 35.5. The van der Waals surface area contributed by atoms with Gasteiger partial charge in [0.1, 0.15) is 17.5 Å². The van der Waals surface area contributed by atoms with Crippen LogP contribution in [-0.4, -0.2) is 42.5 Å². The highest BCUT2D eigenvalue weighted by molar-refractivity contribution is 6.30. The number of hydrogen-bond acceptors (Lipinski definition) is 4. The molecule has 1 saturated carbocycles. The highest BCUT2D eigenvalue weighted by Gasteiger charge is 2.28. The standard InChI is InChI=1S/C24H29ClN2O4/c1-17(24(29)26-20-5-3-4-6-20)27(15-18-7-9-19(25)10-8-18)23(28)16-31-22-13-11-21(30-2)12-14-22/h7-14,17,20H,3-6,15-16H2,1-2H3,(H,26,29)/t17-/m0/s1. The smallest absolute Gasteiger partial charge is 0.261 e. The van der Waals surface area contributed by atoms with E-state index in [-0.39, 0.29) is 24.5 Å². The molecule has 166 valence electrons. The third-order valence-electron chi connectivity index (χ3n) is 5.56. The quantitative estimate of drug-likeness (QED) is 0.629. The Labute approximate surface area is 188 Å². The van der Waals surface area contributed by atoms with E-state index in [9.17, 15) is 9.59 Å². The number of ether oxygens (including phenoxy) is 2. The van der Waals surface area contributed by atoms with Crippen LogP contribution in [0.5, 0.6) is 11.5 Å². The highest BCUT2D eigenvalue weighted by Crippen LogP contribution is 2.20. The molecule has 0 radical (unpaired) electrons. The molecule has 0 bridgehead atoms. The van der Waals surface area contributed by atoms with Gasteiger partial charge in [-0.3, -0.25) is 9.59 Å². The molecule has 0 spiro atoms. The van der Waals surface area contributed by atoms with E-state index in [2.05, 4.69) is 5.32 Å². The number of nitrogens with one attached hydrogen (secondary N) is 1. The number of halogens is 1. The topological polar surface area (TPSA) is 67.9 Å². The van der Waals surface area contributed by atoms with Crippen molar-refractivity contribution in [3.63, 3.8) is 0 Å². The number of amides is 2. The molecule has 7 heteroatoms. The summed E-state index contributed by atoms with van der Waals surface area (Å²) in [6, 6.07) is 13.8. The van der Waals surface area contributed by atoms with Crippen LogP contribution in [0.25, 0.3) is 0 Å². The van der Waals surface area contributed by atoms with E-state index in [4.69, 9.17) is 21.1 Å². The summed E-state index contributed by atoms with van der Waals surface area (Å²) in [6.07, 6.45) is 4.24. The summed E-state index contributed by atoms with van der Waals surface area (Å²) in [7, 11) is 1.59. The van der Waals surface area contributed by atoms with E-state index < -0.39 is 6.04 Å². The van der Waals surface area contributed by atoms with E-state index in [0.717, 1.165) is 31.2 Å². The molecule has 31 heavy (non-hydrogen) atoms. The first-order chi connectivity index (χ1) is 15.0. The van der Waals surface area contributed by atoms with E-state index in [1.165, 1.54) is 0 Å². The van der Waals surface area contributed by atoms with Gasteiger partial charge in [-0.05, 0) is 61.7 Å². The summed E-state index contributed by atoms with van der Waals surface area (Å²) in [5.74, 6) is 0.863. The normalized spacial score (nSPS) is 14.7. The van der Waals surface area contributed by atoms with Gasteiger partial charge in [0, 0.05) is 17.6 Å². The average molecular weight is 445 g/mol. The lowest BCUT2D eigenvalue weighted by Crippen LogP contribution is -2.50. The maximum atomic E-state index is 13.1. The van der Waals surface area contributed by atoms with Crippen LogP contribution in [0, 0.1) is 0 Å². The minimum absolute atomic E-state index is 0.140. The van der Waals surface area contributed by atoms with Crippen LogP contribution in [0.4, 0.5) is 0 Å². The van der Waals surface area contributed by atoms with Crippen molar-refractivity contribution in [1.29, 1.82) is 0 Å². The zero-order valence-electron chi connectivity index (χ0n) is 18.0. The fourth-order valence-corrected chi connectivity index (χ4v) is 3.79. The fraction of sp³-hybridized carbons (Fsp3) is 0.417. The lowest BCUT2D eigenvalue weighted by atomic mass is 10.1. The SMILES string of the molecule is COc1ccc(OCC(=O)N(Cc2ccc(Cl)cc2)[C@@H](C)C(=O)NC2CCCC2)cc1. The number of carbonyl (C=O) groups is 2. The first kappa shape index (κ1) is 22.9. The van der Waals surface area contributed by atoms with E-state index in [1.54, 1.807) is 55.3 Å². The molecule has 2 aromatic rings. The van der Waals surface area contributed by atoms with Gasteiger partial charge in [0.05, 0.1) is 7.11 Å². The Hall–Kier alpha value is -2.73. The molecular weight excluding hydrogens is 416 g/mol. The Morgan fingerprint density at radius 1 is 1.06 bits per heavy atom. The van der Waals surface area contributed by atoms with Crippen molar-refractivity contribution in [2.45, 2.75) is 51.2 Å². The maximum absolute atomic E-state index is 13.1. The predicted molar refractivity (Wildman–Crippen MR) is 120 cm³/mol. The molecule has 1 aliphatic carbocycles. The van der Waals surface area contributed by atoms with Gasteiger partial charge in [-0.15, -0.1) is 0 Å². The molecule has 2 amide bonds. The number of benzene rings is 2. The Bertz CT molecular complexity index is 864. The van der Waals surface area contributed by atoms with Crippen molar-refractivity contribution in [1.82, 2.24) is 10.2 Å². The molecule has 0 aromatic heterocycles. The summed E-state index contributed by atoms with van der Waals surface area (Å²) in [6.45, 7) is 1.88. The number of nitrogens with zero attached hydrogens (tertiary/aromatic N) is 1. The van der Waals surface area contributed by atoms with Crippen molar-refractivity contribution < 1.29 is 19.1 Å². The third-order valence-corrected chi connectivity index (χ3v) is 5.81. The zero-order valence-corrected chi connectivity index (χ0v) is 18.7. The van der Waals surface area contributed by atoms with Crippen LogP contribution in [0.2, 0.25) is 5.02 Å². The Kier molecular flexibility index (Phi) is 8.18. The molecule has 1 N–H and O–H groups in total. The molecular formula is C24H29ClN2O4. The van der Waals surface area contributed by atoms with Gasteiger partial charge in [0.15, 0.2) is 6.61 Å². The van der Waals surface area contributed by atoms with Crippen molar-refractivity contribution in [3.05, 3.63) is 59.1 Å². The largest absolute Gasteiger partial charge is 0.497 e. The molecule has 0 saturated heterocycles. The molecule has 2 aromatic carbocycles. The Morgan fingerprint density at radius 2 is 1.68 bits per heavy atom. The van der Waals surface area contributed by atoms with Gasteiger partial charge in [0.2, 0.25) is 5.91 Å². The van der Waals surface area contributed by atoms with E-state index in [1.807, 2.05) is 12.1 Å². The van der Waals surface area contributed by atoms with Crippen LogP contribution in [-0.2, 0) is 16.1 Å². The van der Waals surface area contributed by atoms with Crippen LogP contribution >= 0.6 is 11.6 Å².